The molecule has 0 atom stereocenters. The molecule has 6 nitrogen and oxygen atoms in total. The fourth-order valence-corrected chi connectivity index (χ4v) is 2.34. The van der Waals surface area contributed by atoms with E-state index in [9.17, 15) is 13.2 Å². The number of carbonyl (C=O) groups is 1. The van der Waals surface area contributed by atoms with Gasteiger partial charge in [-0.1, -0.05) is 12.1 Å². The van der Waals surface area contributed by atoms with E-state index >= 15 is 0 Å². The van der Waals surface area contributed by atoms with Crippen LogP contribution in [0.1, 0.15) is 17.3 Å². The predicted octanol–water partition coefficient (Wildman–Crippen LogP) is 1.25. The lowest BCUT2D eigenvalue weighted by Gasteiger charge is -2.11. The second-order valence-electron chi connectivity index (χ2n) is 3.66. The zero-order valence-electron chi connectivity index (χ0n) is 10.9. The fraction of sp³-hybridized carbons (Fsp3) is 0.417. The standard InChI is InChI=1S/C12H17NO5S/c1-3-18-8-9-19(15,16)13-11-7-5-4-6-10(11)12(14)17-2/h4-7,13H,3,8-9H2,1-2H3. The average molecular weight is 287 g/mol. The molecule has 0 saturated heterocycles. The maximum atomic E-state index is 11.8. The Balaban J connectivity index is 2.84. The number of esters is 1. The van der Waals surface area contributed by atoms with E-state index in [0.717, 1.165) is 0 Å². The maximum absolute atomic E-state index is 11.8. The van der Waals surface area contributed by atoms with Crippen LogP contribution in [0.3, 0.4) is 0 Å². The zero-order valence-corrected chi connectivity index (χ0v) is 11.7. The highest BCUT2D eigenvalue weighted by Gasteiger charge is 2.16. The molecule has 1 aromatic rings. The third-order valence-electron chi connectivity index (χ3n) is 2.30. The second-order valence-corrected chi connectivity index (χ2v) is 5.50. The van der Waals surface area contributed by atoms with Gasteiger partial charge in [0.2, 0.25) is 10.0 Å². The van der Waals surface area contributed by atoms with Gasteiger partial charge in [0, 0.05) is 6.61 Å². The highest BCUT2D eigenvalue weighted by atomic mass is 32.2. The summed E-state index contributed by atoms with van der Waals surface area (Å²) in [6.45, 7) is 2.34. The Morgan fingerprint density at radius 1 is 1.32 bits per heavy atom. The van der Waals surface area contributed by atoms with Crippen molar-refractivity contribution in [1.29, 1.82) is 0 Å². The van der Waals surface area contributed by atoms with Crippen LogP contribution in [0.5, 0.6) is 0 Å². The Hall–Kier alpha value is -1.60. The van der Waals surface area contributed by atoms with E-state index in [1.165, 1.54) is 19.2 Å². The van der Waals surface area contributed by atoms with Crippen molar-refractivity contribution in [1.82, 2.24) is 0 Å². The third-order valence-corrected chi connectivity index (χ3v) is 3.53. The summed E-state index contributed by atoms with van der Waals surface area (Å²) in [5, 5.41) is 0. The summed E-state index contributed by atoms with van der Waals surface area (Å²) in [5.41, 5.74) is 0.371. The van der Waals surface area contributed by atoms with Gasteiger partial charge in [-0.25, -0.2) is 13.2 Å². The van der Waals surface area contributed by atoms with Gasteiger partial charge in [0.05, 0.1) is 30.7 Å². The Morgan fingerprint density at radius 2 is 2.00 bits per heavy atom. The minimum absolute atomic E-state index is 0.103. The summed E-state index contributed by atoms with van der Waals surface area (Å²) in [7, 11) is -2.32. The van der Waals surface area contributed by atoms with Crippen LogP contribution < -0.4 is 4.72 Å². The predicted molar refractivity (Wildman–Crippen MR) is 71.7 cm³/mol. The molecule has 0 fully saturated rings. The molecular formula is C12H17NO5S. The maximum Gasteiger partial charge on any atom is 0.339 e. The highest BCUT2D eigenvalue weighted by molar-refractivity contribution is 7.92. The second kappa shape index (κ2) is 7.10. The van der Waals surface area contributed by atoms with E-state index in [-0.39, 0.29) is 23.6 Å². The molecule has 0 saturated carbocycles. The zero-order chi connectivity index (χ0) is 14.3. The molecule has 0 aliphatic rings. The molecule has 0 unspecified atom stereocenters. The normalized spacial score (nSPS) is 11.1. The van der Waals surface area contributed by atoms with Crippen LogP contribution in [-0.2, 0) is 19.5 Å². The van der Waals surface area contributed by atoms with Gasteiger partial charge in [0.15, 0.2) is 0 Å². The summed E-state index contributed by atoms with van der Waals surface area (Å²) in [6.07, 6.45) is 0. The molecule has 1 N–H and O–H groups in total. The number of hydrogen-bond acceptors (Lipinski definition) is 5. The SMILES string of the molecule is CCOCCS(=O)(=O)Nc1ccccc1C(=O)OC. The number of carbonyl (C=O) groups excluding carboxylic acids is 1. The average Bonchev–Trinajstić information content (AvgIpc) is 2.38. The van der Waals surface area contributed by atoms with Gasteiger partial charge in [-0.15, -0.1) is 0 Å². The first-order chi connectivity index (χ1) is 9.00. The van der Waals surface area contributed by atoms with Gasteiger partial charge in [0.1, 0.15) is 0 Å². The largest absolute Gasteiger partial charge is 0.465 e. The number of benzene rings is 1. The molecule has 0 heterocycles. The summed E-state index contributed by atoms with van der Waals surface area (Å²) >= 11 is 0. The van der Waals surface area contributed by atoms with Gasteiger partial charge in [-0.3, -0.25) is 4.72 Å². The van der Waals surface area contributed by atoms with Crippen LogP contribution in [0.25, 0.3) is 0 Å². The number of anilines is 1. The van der Waals surface area contributed by atoms with Crippen molar-refractivity contribution in [2.45, 2.75) is 6.92 Å². The van der Waals surface area contributed by atoms with Crippen molar-refractivity contribution in [2.24, 2.45) is 0 Å². The third kappa shape index (κ3) is 4.88. The van der Waals surface area contributed by atoms with E-state index < -0.39 is 16.0 Å². The van der Waals surface area contributed by atoms with Crippen LogP contribution in [-0.4, -0.2) is 40.5 Å². The molecule has 1 rings (SSSR count). The highest BCUT2D eigenvalue weighted by Crippen LogP contribution is 2.17. The van der Waals surface area contributed by atoms with Crippen LogP contribution in [0.15, 0.2) is 24.3 Å². The molecule has 0 aromatic heterocycles. The molecule has 0 bridgehead atoms. The Labute approximate surface area is 112 Å². The van der Waals surface area contributed by atoms with Crippen molar-refractivity contribution < 1.29 is 22.7 Å². The number of rotatable bonds is 7. The minimum atomic E-state index is -3.55. The van der Waals surface area contributed by atoms with Gasteiger partial charge in [-0.05, 0) is 19.1 Å². The van der Waals surface area contributed by atoms with E-state index in [2.05, 4.69) is 9.46 Å². The number of para-hydroxylation sites is 1. The molecule has 7 heteroatoms. The summed E-state index contributed by atoms with van der Waals surface area (Å²) in [6, 6.07) is 6.26. The quantitative estimate of drug-likeness (QED) is 0.603. The Kier molecular flexibility index (Phi) is 5.78. The fourth-order valence-electron chi connectivity index (χ4n) is 1.39. The van der Waals surface area contributed by atoms with Crippen molar-refractivity contribution in [3.05, 3.63) is 29.8 Å². The van der Waals surface area contributed by atoms with Crippen molar-refractivity contribution in [3.63, 3.8) is 0 Å². The molecule has 106 valence electrons. The van der Waals surface area contributed by atoms with Crippen LogP contribution >= 0.6 is 0 Å². The van der Waals surface area contributed by atoms with E-state index in [1.54, 1.807) is 19.1 Å². The topological polar surface area (TPSA) is 81.7 Å². The first kappa shape index (κ1) is 15.5. The summed E-state index contributed by atoms with van der Waals surface area (Å²) in [4.78, 5) is 11.5. The van der Waals surface area contributed by atoms with Crippen molar-refractivity contribution in [3.8, 4) is 0 Å². The number of nitrogens with one attached hydrogen (secondary N) is 1. The number of sulfonamides is 1. The lowest BCUT2D eigenvalue weighted by atomic mass is 10.2. The Bertz CT molecular complexity index is 527. The van der Waals surface area contributed by atoms with E-state index in [4.69, 9.17) is 4.74 Å². The van der Waals surface area contributed by atoms with Crippen molar-refractivity contribution >= 4 is 21.7 Å². The molecule has 0 aliphatic carbocycles. The first-order valence-electron chi connectivity index (χ1n) is 5.75. The molecule has 0 amide bonds. The summed E-state index contributed by atoms with van der Waals surface area (Å²) in [5.74, 6) is -0.765. The molecular weight excluding hydrogens is 270 g/mol. The van der Waals surface area contributed by atoms with Gasteiger partial charge < -0.3 is 9.47 Å². The van der Waals surface area contributed by atoms with Crippen LogP contribution in [0, 0.1) is 0 Å². The van der Waals surface area contributed by atoms with Crippen LogP contribution in [0.2, 0.25) is 0 Å². The molecule has 0 spiro atoms. The van der Waals surface area contributed by atoms with Crippen LogP contribution in [0.4, 0.5) is 5.69 Å². The molecule has 0 radical (unpaired) electrons. The lowest BCUT2D eigenvalue weighted by Crippen LogP contribution is -2.21. The smallest absolute Gasteiger partial charge is 0.339 e. The van der Waals surface area contributed by atoms with Gasteiger partial charge in [0.25, 0.3) is 0 Å². The lowest BCUT2D eigenvalue weighted by molar-refractivity contribution is 0.0602. The Morgan fingerprint density at radius 3 is 2.63 bits per heavy atom. The number of methoxy groups -OCH3 is 1. The molecule has 19 heavy (non-hydrogen) atoms. The molecule has 0 aliphatic heterocycles. The van der Waals surface area contributed by atoms with Gasteiger partial charge >= 0.3 is 5.97 Å². The first-order valence-corrected chi connectivity index (χ1v) is 7.41. The molecule has 1 aromatic carbocycles. The van der Waals surface area contributed by atoms with E-state index in [0.29, 0.717) is 6.61 Å². The summed E-state index contributed by atoms with van der Waals surface area (Å²) < 4.78 is 35.5. The van der Waals surface area contributed by atoms with E-state index in [1.807, 2.05) is 0 Å². The minimum Gasteiger partial charge on any atom is -0.465 e. The van der Waals surface area contributed by atoms with Gasteiger partial charge in [-0.2, -0.15) is 0 Å². The number of hydrogen-bond donors (Lipinski definition) is 1. The number of ether oxygens (including phenoxy) is 2. The monoisotopic (exact) mass is 287 g/mol. The van der Waals surface area contributed by atoms with Crippen molar-refractivity contribution in [2.75, 3.05) is 30.8 Å².